The van der Waals surface area contributed by atoms with Crippen LogP contribution in [0.4, 0.5) is 14.5 Å². The highest BCUT2D eigenvalue weighted by molar-refractivity contribution is 6.12. The Morgan fingerprint density at radius 2 is 1.89 bits per heavy atom. The lowest BCUT2D eigenvalue weighted by Gasteiger charge is -2.21. The summed E-state index contributed by atoms with van der Waals surface area (Å²) < 4.78 is 34.7. The number of nitrogens with one attached hydrogen (secondary N) is 2. The summed E-state index contributed by atoms with van der Waals surface area (Å²) in [6.45, 7) is 6.30. The highest BCUT2D eigenvalue weighted by atomic mass is 19.2. The van der Waals surface area contributed by atoms with Gasteiger partial charge in [-0.25, -0.2) is 4.39 Å². The Labute approximate surface area is 271 Å². The van der Waals surface area contributed by atoms with Crippen LogP contribution in [0.15, 0.2) is 78.1 Å². The Morgan fingerprint density at radius 3 is 2.67 bits per heavy atom. The Bertz CT molecular complexity index is 1540. The van der Waals surface area contributed by atoms with Gasteiger partial charge in [0.1, 0.15) is 0 Å². The van der Waals surface area contributed by atoms with Gasteiger partial charge in [-0.3, -0.25) is 14.6 Å². The molecule has 0 fully saturated rings. The number of ketones is 1. The second kappa shape index (κ2) is 17.4. The molecular weight excluding hydrogens is 584 g/mol. The van der Waals surface area contributed by atoms with Crippen LogP contribution >= 0.6 is 0 Å². The van der Waals surface area contributed by atoms with Crippen LogP contribution in [-0.4, -0.2) is 31.1 Å². The third-order valence-electron chi connectivity index (χ3n) is 8.43. The number of hydrogen-bond acceptors (Lipinski definition) is 5. The number of ether oxygens (including phenoxy) is 1. The summed E-state index contributed by atoms with van der Waals surface area (Å²) in [4.78, 5) is 29.8. The van der Waals surface area contributed by atoms with Crippen LogP contribution in [0.25, 0.3) is 5.57 Å². The number of halogens is 2. The van der Waals surface area contributed by atoms with Gasteiger partial charge < -0.3 is 15.4 Å². The predicted octanol–water partition coefficient (Wildman–Crippen LogP) is 8.90. The lowest BCUT2D eigenvalue weighted by atomic mass is 9.86. The Morgan fingerprint density at radius 1 is 1.07 bits per heavy atom. The zero-order valence-corrected chi connectivity index (χ0v) is 27.0. The molecule has 1 aliphatic carbocycles. The van der Waals surface area contributed by atoms with Crippen LogP contribution in [0.1, 0.15) is 92.6 Å². The Kier molecular flexibility index (Phi) is 13.1. The first-order chi connectivity index (χ1) is 22.4. The number of rotatable bonds is 16. The van der Waals surface area contributed by atoms with Gasteiger partial charge in [-0.15, -0.1) is 6.58 Å². The van der Waals surface area contributed by atoms with Crippen LogP contribution in [0.3, 0.4) is 0 Å². The molecule has 1 atom stereocenters. The molecule has 2 aromatic rings. The van der Waals surface area contributed by atoms with Crippen molar-refractivity contribution in [1.82, 2.24) is 5.32 Å². The van der Waals surface area contributed by atoms with Gasteiger partial charge in [0.05, 0.1) is 18.5 Å². The molecule has 0 radical (unpaired) electrons. The van der Waals surface area contributed by atoms with Gasteiger partial charge in [0, 0.05) is 48.3 Å². The molecule has 1 amide bonds. The smallest absolute Gasteiger partial charge is 0.219 e. The van der Waals surface area contributed by atoms with E-state index in [9.17, 15) is 14.0 Å². The van der Waals surface area contributed by atoms with Crippen LogP contribution in [0, 0.1) is 17.6 Å². The molecule has 2 aromatic carbocycles. The summed E-state index contributed by atoms with van der Waals surface area (Å²) in [6.07, 6.45) is 17.8. The molecule has 1 aliphatic heterocycles. The summed E-state index contributed by atoms with van der Waals surface area (Å²) in [5.41, 5.74) is 4.89. The Balaban J connectivity index is 1.39. The van der Waals surface area contributed by atoms with Gasteiger partial charge in [0.2, 0.25) is 11.7 Å². The summed E-state index contributed by atoms with van der Waals surface area (Å²) >= 11 is 0. The Hall–Kier alpha value is -4.33. The molecule has 4 rings (SSSR count). The molecular formula is C38H45F2N3O3. The fraction of sp³-hybridized carbons (Fsp3) is 0.395. The maximum atomic E-state index is 15.1. The van der Waals surface area contributed by atoms with Crippen molar-refractivity contribution in [3.63, 3.8) is 0 Å². The van der Waals surface area contributed by atoms with Crippen LogP contribution in [0.5, 0.6) is 5.75 Å². The van der Waals surface area contributed by atoms with Crippen molar-refractivity contribution in [2.45, 2.75) is 77.6 Å². The number of benzene rings is 2. The summed E-state index contributed by atoms with van der Waals surface area (Å²) in [5, 5.41) is 6.46. The standard InChI is InChI=1S/C38H45F2N3O3/c1-4-6-7-12-18-35(45)41-23-14-13-17-33(44)28-20-19-27(24-26(28)5-2)43-32-16-11-9-8-10-15-30-31(25-42-38(30)32)29-21-22-34(46-3)37(40)36(29)39/h4,8-9,16,19-22,24-25,30,43H,1,5-7,10-15,17-18,23H2,2-3H3,(H,41,45)/b9-8-,32-16-. The van der Waals surface area contributed by atoms with Crippen LogP contribution in [0.2, 0.25) is 0 Å². The van der Waals surface area contributed by atoms with Gasteiger partial charge >= 0.3 is 0 Å². The van der Waals surface area contributed by atoms with E-state index in [0.717, 1.165) is 54.8 Å². The summed E-state index contributed by atoms with van der Waals surface area (Å²) in [6, 6.07) is 8.77. The number of fused-ring (bicyclic) bond motifs is 1. The molecule has 8 heteroatoms. The van der Waals surface area contributed by atoms with Crippen molar-refractivity contribution in [2.24, 2.45) is 10.9 Å². The monoisotopic (exact) mass is 629 g/mol. The number of aryl methyl sites for hydroxylation is 1. The number of allylic oxidation sites excluding steroid dienone is 6. The SMILES string of the molecule is C=CCCCCC(=O)NCCCCC(=O)c1ccc(N/C2=C\C/C=C\CCC3C(c4ccc(OC)c(F)c4F)=CN=C23)cc1CC. The van der Waals surface area contributed by atoms with E-state index in [0.29, 0.717) is 56.2 Å². The number of aliphatic imine (C=N–C) groups is 1. The molecule has 0 saturated heterocycles. The van der Waals surface area contributed by atoms with Crippen molar-refractivity contribution in [2.75, 3.05) is 19.0 Å². The number of carbonyl (C=O) groups is 2. The van der Waals surface area contributed by atoms with Gasteiger partial charge in [-0.05, 0) is 99.3 Å². The highest BCUT2D eigenvalue weighted by Gasteiger charge is 2.31. The third kappa shape index (κ3) is 8.89. The largest absolute Gasteiger partial charge is 0.494 e. The highest BCUT2D eigenvalue weighted by Crippen LogP contribution is 2.39. The normalized spacial score (nSPS) is 17.7. The first kappa shape index (κ1) is 34.5. The van der Waals surface area contributed by atoms with E-state index in [2.05, 4.69) is 35.4 Å². The molecule has 1 heterocycles. The topological polar surface area (TPSA) is 79.8 Å². The summed E-state index contributed by atoms with van der Waals surface area (Å²) in [5.74, 6) is -2.16. The van der Waals surface area contributed by atoms with E-state index in [4.69, 9.17) is 9.73 Å². The van der Waals surface area contributed by atoms with Gasteiger partial charge in [-0.2, -0.15) is 4.39 Å². The van der Waals surface area contributed by atoms with E-state index in [1.807, 2.05) is 31.2 Å². The number of amides is 1. The maximum absolute atomic E-state index is 15.1. The van der Waals surface area contributed by atoms with E-state index >= 15 is 4.39 Å². The third-order valence-corrected chi connectivity index (χ3v) is 8.43. The van der Waals surface area contributed by atoms with Crippen molar-refractivity contribution in [3.05, 3.63) is 101 Å². The number of nitrogens with zero attached hydrogens (tertiary/aromatic N) is 1. The minimum atomic E-state index is -1.01. The molecule has 0 saturated carbocycles. The molecule has 2 N–H and O–H groups in total. The summed E-state index contributed by atoms with van der Waals surface area (Å²) in [7, 11) is 1.31. The van der Waals surface area contributed by atoms with Gasteiger partial charge in [-0.1, -0.05) is 31.2 Å². The average molecular weight is 630 g/mol. The number of Topliss-reactive ketones (excluding diaryl/α,β-unsaturated/α-hetero) is 1. The molecule has 2 aliphatic rings. The molecule has 0 aromatic heterocycles. The van der Waals surface area contributed by atoms with Gasteiger partial charge in [0.25, 0.3) is 0 Å². The fourth-order valence-corrected chi connectivity index (χ4v) is 5.90. The zero-order valence-electron chi connectivity index (χ0n) is 27.0. The quantitative estimate of drug-likeness (QED) is 0.110. The van der Waals surface area contributed by atoms with E-state index in [1.54, 1.807) is 12.3 Å². The number of anilines is 1. The molecule has 46 heavy (non-hydrogen) atoms. The second-order valence-corrected chi connectivity index (χ2v) is 11.6. The van der Waals surface area contributed by atoms with Crippen molar-refractivity contribution >= 4 is 28.7 Å². The van der Waals surface area contributed by atoms with Crippen molar-refractivity contribution < 1.29 is 23.1 Å². The number of methoxy groups -OCH3 is 1. The zero-order chi connectivity index (χ0) is 32.9. The minimum absolute atomic E-state index is 0.0569. The van der Waals surface area contributed by atoms with Crippen molar-refractivity contribution in [1.29, 1.82) is 0 Å². The molecule has 6 nitrogen and oxygen atoms in total. The lowest BCUT2D eigenvalue weighted by Crippen LogP contribution is -2.24. The first-order valence-electron chi connectivity index (χ1n) is 16.3. The lowest BCUT2D eigenvalue weighted by molar-refractivity contribution is -0.121. The van der Waals surface area contributed by atoms with E-state index in [1.165, 1.54) is 13.2 Å². The average Bonchev–Trinajstić information content (AvgIpc) is 3.50. The predicted molar refractivity (Wildman–Crippen MR) is 182 cm³/mol. The number of unbranched alkanes of at least 4 members (excludes halogenated alkanes) is 3. The van der Waals surface area contributed by atoms with Crippen molar-refractivity contribution in [3.8, 4) is 5.75 Å². The molecule has 0 bridgehead atoms. The first-order valence-corrected chi connectivity index (χ1v) is 16.3. The second-order valence-electron chi connectivity index (χ2n) is 11.6. The molecule has 1 unspecified atom stereocenters. The number of hydrogen-bond donors (Lipinski definition) is 2. The van der Waals surface area contributed by atoms with Crippen LogP contribution < -0.4 is 15.4 Å². The maximum Gasteiger partial charge on any atom is 0.219 e. The number of carbonyl (C=O) groups excluding carboxylic acids is 2. The van der Waals surface area contributed by atoms with Gasteiger partial charge in [0.15, 0.2) is 17.3 Å². The minimum Gasteiger partial charge on any atom is -0.494 e. The molecule has 0 spiro atoms. The fourth-order valence-electron chi connectivity index (χ4n) is 5.90. The van der Waals surface area contributed by atoms with E-state index < -0.39 is 11.6 Å². The van der Waals surface area contributed by atoms with E-state index in [-0.39, 0.29) is 28.9 Å². The van der Waals surface area contributed by atoms with Crippen LogP contribution in [-0.2, 0) is 11.2 Å². The molecule has 244 valence electrons.